The zero-order valence-corrected chi connectivity index (χ0v) is 15.0. The lowest BCUT2D eigenvalue weighted by molar-refractivity contribution is 0.0735. The molecule has 0 fully saturated rings. The van der Waals surface area contributed by atoms with Crippen LogP contribution in [0, 0.1) is 0 Å². The number of methoxy groups -OCH3 is 1. The van der Waals surface area contributed by atoms with E-state index in [0.29, 0.717) is 39.9 Å². The third kappa shape index (κ3) is 3.48. The second-order valence-corrected chi connectivity index (χ2v) is 5.88. The van der Waals surface area contributed by atoms with Crippen LogP contribution in [0.3, 0.4) is 0 Å². The molecule has 138 valence electrons. The van der Waals surface area contributed by atoms with Crippen LogP contribution in [0.4, 0.5) is 0 Å². The SMILES string of the molecule is COc1ccccc1-c1nc(-c2ccccc2OC(=O)c2ccccc2)no1. The van der Waals surface area contributed by atoms with Gasteiger partial charge >= 0.3 is 5.97 Å². The van der Waals surface area contributed by atoms with Crippen molar-refractivity contribution in [3.63, 3.8) is 0 Å². The number of carbonyl (C=O) groups is 1. The maximum absolute atomic E-state index is 12.4. The molecule has 0 aliphatic heterocycles. The highest BCUT2D eigenvalue weighted by Crippen LogP contribution is 2.33. The van der Waals surface area contributed by atoms with Gasteiger partial charge in [-0.1, -0.05) is 47.6 Å². The fourth-order valence-electron chi connectivity index (χ4n) is 2.74. The quantitative estimate of drug-likeness (QED) is 0.376. The van der Waals surface area contributed by atoms with Gasteiger partial charge in [0.05, 0.1) is 23.8 Å². The lowest BCUT2D eigenvalue weighted by atomic mass is 10.1. The Kier molecular flexibility index (Phi) is 4.84. The van der Waals surface area contributed by atoms with E-state index in [1.54, 1.807) is 49.6 Å². The topological polar surface area (TPSA) is 74.5 Å². The smallest absolute Gasteiger partial charge is 0.343 e. The van der Waals surface area contributed by atoms with Gasteiger partial charge in [-0.15, -0.1) is 0 Å². The van der Waals surface area contributed by atoms with Crippen molar-refractivity contribution in [2.45, 2.75) is 0 Å². The molecule has 3 aromatic carbocycles. The normalized spacial score (nSPS) is 10.5. The Morgan fingerprint density at radius 1 is 0.821 bits per heavy atom. The predicted octanol–water partition coefficient (Wildman–Crippen LogP) is 4.63. The minimum atomic E-state index is -0.457. The van der Waals surface area contributed by atoms with E-state index in [4.69, 9.17) is 14.0 Å². The summed E-state index contributed by atoms with van der Waals surface area (Å²) in [4.78, 5) is 16.9. The second-order valence-electron chi connectivity index (χ2n) is 5.88. The molecule has 0 aliphatic carbocycles. The number of carbonyl (C=O) groups excluding carboxylic acids is 1. The van der Waals surface area contributed by atoms with Gasteiger partial charge in [0.2, 0.25) is 5.82 Å². The average molecular weight is 372 g/mol. The van der Waals surface area contributed by atoms with Crippen molar-refractivity contribution in [1.82, 2.24) is 10.1 Å². The van der Waals surface area contributed by atoms with Gasteiger partial charge in [-0.2, -0.15) is 4.98 Å². The third-order valence-electron chi connectivity index (χ3n) is 4.10. The first kappa shape index (κ1) is 17.5. The highest BCUT2D eigenvalue weighted by Gasteiger charge is 2.18. The van der Waals surface area contributed by atoms with Gasteiger partial charge in [-0.25, -0.2) is 4.79 Å². The van der Waals surface area contributed by atoms with E-state index >= 15 is 0 Å². The first-order chi connectivity index (χ1) is 13.8. The molecule has 0 saturated carbocycles. The highest BCUT2D eigenvalue weighted by molar-refractivity contribution is 5.91. The van der Waals surface area contributed by atoms with Crippen LogP contribution in [0.15, 0.2) is 83.4 Å². The molecule has 0 unspecified atom stereocenters. The van der Waals surface area contributed by atoms with Crippen molar-refractivity contribution in [1.29, 1.82) is 0 Å². The monoisotopic (exact) mass is 372 g/mol. The third-order valence-corrected chi connectivity index (χ3v) is 4.10. The first-order valence-corrected chi connectivity index (χ1v) is 8.60. The largest absolute Gasteiger partial charge is 0.496 e. The summed E-state index contributed by atoms with van der Waals surface area (Å²) in [5.74, 6) is 1.15. The molecule has 0 saturated heterocycles. The zero-order valence-electron chi connectivity index (χ0n) is 15.0. The summed E-state index contributed by atoms with van der Waals surface area (Å²) in [6.45, 7) is 0. The average Bonchev–Trinajstić information content (AvgIpc) is 3.24. The summed E-state index contributed by atoms with van der Waals surface area (Å²) in [5.41, 5.74) is 1.69. The van der Waals surface area contributed by atoms with Crippen LogP contribution in [0.1, 0.15) is 10.4 Å². The Morgan fingerprint density at radius 3 is 2.21 bits per heavy atom. The van der Waals surface area contributed by atoms with Crippen molar-refractivity contribution >= 4 is 5.97 Å². The molecule has 4 rings (SSSR count). The molecule has 28 heavy (non-hydrogen) atoms. The van der Waals surface area contributed by atoms with Gasteiger partial charge in [0.15, 0.2) is 0 Å². The van der Waals surface area contributed by atoms with Crippen LogP contribution in [0.2, 0.25) is 0 Å². The molecule has 0 bridgehead atoms. The summed E-state index contributed by atoms with van der Waals surface area (Å²) < 4.78 is 16.3. The molecule has 1 heterocycles. The van der Waals surface area contributed by atoms with Crippen molar-refractivity contribution in [3.8, 4) is 34.3 Å². The Bertz CT molecular complexity index is 1110. The standard InChI is InChI=1S/C22H16N2O4/c1-26-18-13-7-6-12-17(18)21-23-20(24-28-21)16-11-5-8-14-19(16)27-22(25)15-9-3-2-4-10-15/h2-14H,1H3. The van der Waals surface area contributed by atoms with Gasteiger partial charge in [-0.05, 0) is 36.4 Å². The van der Waals surface area contributed by atoms with E-state index in [1.807, 2.05) is 36.4 Å². The summed E-state index contributed by atoms with van der Waals surface area (Å²) in [6.07, 6.45) is 0. The van der Waals surface area contributed by atoms with E-state index in [1.165, 1.54) is 0 Å². The van der Waals surface area contributed by atoms with Gasteiger partial charge in [0.1, 0.15) is 11.5 Å². The van der Waals surface area contributed by atoms with Gasteiger partial charge in [0.25, 0.3) is 5.89 Å². The minimum Gasteiger partial charge on any atom is -0.496 e. The van der Waals surface area contributed by atoms with Crippen LogP contribution < -0.4 is 9.47 Å². The molecule has 6 heteroatoms. The van der Waals surface area contributed by atoms with Crippen LogP contribution in [0.5, 0.6) is 11.5 Å². The molecule has 0 radical (unpaired) electrons. The molecule has 0 spiro atoms. The Balaban J connectivity index is 1.66. The fraction of sp³-hybridized carbons (Fsp3) is 0.0455. The number of rotatable bonds is 5. The fourth-order valence-corrected chi connectivity index (χ4v) is 2.74. The molecule has 0 amide bonds. The molecule has 4 aromatic rings. The summed E-state index contributed by atoms with van der Waals surface area (Å²) >= 11 is 0. The van der Waals surface area contributed by atoms with E-state index in [9.17, 15) is 4.79 Å². The molecule has 0 N–H and O–H groups in total. The minimum absolute atomic E-state index is 0.316. The lowest BCUT2D eigenvalue weighted by Gasteiger charge is -2.07. The Hall–Kier alpha value is -3.93. The van der Waals surface area contributed by atoms with E-state index < -0.39 is 5.97 Å². The maximum Gasteiger partial charge on any atom is 0.343 e. The number of benzene rings is 3. The Morgan fingerprint density at radius 2 is 1.46 bits per heavy atom. The number of aromatic nitrogens is 2. The molecule has 1 aromatic heterocycles. The van der Waals surface area contributed by atoms with Crippen molar-refractivity contribution in [3.05, 3.63) is 84.4 Å². The van der Waals surface area contributed by atoms with Crippen molar-refractivity contribution in [2.24, 2.45) is 0 Å². The highest BCUT2D eigenvalue weighted by atomic mass is 16.5. The first-order valence-electron chi connectivity index (χ1n) is 8.60. The molecular formula is C22H16N2O4. The molecule has 0 atom stereocenters. The second kappa shape index (κ2) is 7.75. The summed E-state index contributed by atoms with van der Waals surface area (Å²) in [7, 11) is 1.58. The van der Waals surface area contributed by atoms with Crippen molar-refractivity contribution < 1.29 is 18.8 Å². The molecular weight excluding hydrogens is 356 g/mol. The number of para-hydroxylation sites is 2. The zero-order chi connectivity index (χ0) is 19.3. The summed E-state index contributed by atoms with van der Waals surface area (Å²) in [5, 5.41) is 4.05. The molecule has 0 aliphatic rings. The van der Waals surface area contributed by atoms with Crippen LogP contribution in [-0.4, -0.2) is 23.2 Å². The van der Waals surface area contributed by atoms with E-state index in [-0.39, 0.29) is 0 Å². The Labute approximate surface area is 161 Å². The van der Waals surface area contributed by atoms with Crippen LogP contribution in [0.25, 0.3) is 22.8 Å². The number of nitrogens with zero attached hydrogens (tertiary/aromatic N) is 2. The van der Waals surface area contributed by atoms with E-state index in [0.717, 1.165) is 0 Å². The number of ether oxygens (including phenoxy) is 2. The van der Waals surface area contributed by atoms with E-state index in [2.05, 4.69) is 10.1 Å². The molecule has 6 nitrogen and oxygen atoms in total. The van der Waals surface area contributed by atoms with Gasteiger partial charge in [0, 0.05) is 0 Å². The summed E-state index contributed by atoms with van der Waals surface area (Å²) in [6, 6.07) is 23.2. The van der Waals surface area contributed by atoms with Gasteiger partial charge < -0.3 is 14.0 Å². The maximum atomic E-state index is 12.4. The lowest BCUT2D eigenvalue weighted by Crippen LogP contribution is -2.09. The number of hydrogen-bond acceptors (Lipinski definition) is 6. The number of esters is 1. The van der Waals surface area contributed by atoms with Crippen LogP contribution >= 0.6 is 0 Å². The van der Waals surface area contributed by atoms with Gasteiger partial charge in [-0.3, -0.25) is 0 Å². The number of hydrogen-bond donors (Lipinski definition) is 0. The predicted molar refractivity (Wildman–Crippen MR) is 103 cm³/mol. The van der Waals surface area contributed by atoms with Crippen molar-refractivity contribution in [2.75, 3.05) is 7.11 Å². The van der Waals surface area contributed by atoms with Crippen LogP contribution in [-0.2, 0) is 0 Å².